The lowest BCUT2D eigenvalue weighted by molar-refractivity contribution is -0.160. The van der Waals surface area contributed by atoms with Gasteiger partial charge in [-0.05, 0) is 25.0 Å². The zero-order chi connectivity index (χ0) is 12.5. The quantitative estimate of drug-likeness (QED) is 0.873. The molecule has 94 valence electrons. The highest BCUT2D eigenvalue weighted by Crippen LogP contribution is 2.49. The second-order valence-corrected chi connectivity index (χ2v) is 4.73. The van der Waals surface area contributed by atoms with Gasteiger partial charge in [-0.1, -0.05) is 26.0 Å². The van der Waals surface area contributed by atoms with E-state index in [1.807, 2.05) is 13.8 Å². The molecule has 2 rings (SSSR count). The zero-order valence-corrected chi connectivity index (χ0v) is 10.3. The number of hydrogen-bond acceptors (Lipinski definition) is 2. The molecule has 0 aromatic heterocycles. The normalized spacial score (nSPS) is 26.4. The molecule has 1 aromatic carbocycles. The van der Waals surface area contributed by atoms with Crippen molar-refractivity contribution in [2.45, 2.75) is 45.3 Å². The standard InChI is InChI=1S/C14H19FO2/c1-3-14(4-2)12(16)9-13(14)17-11-8-6-5-7-10(11)15/h5-8,12-13,16H,3-4,9H2,1-2H3. The topological polar surface area (TPSA) is 29.5 Å². The summed E-state index contributed by atoms with van der Waals surface area (Å²) in [4.78, 5) is 0. The molecule has 1 aromatic rings. The first-order valence-corrected chi connectivity index (χ1v) is 6.23. The van der Waals surface area contributed by atoms with Crippen molar-refractivity contribution in [3.63, 3.8) is 0 Å². The summed E-state index contributed by atoms with van der Waals surface area (Å²) < 4.78 is 19.2. The fraction of sp³-hybridized carbons (Fsp3) is 0.571. The summed E-state index contributed by atoms with van der Waals surface area (Å²) in [5.74, 6) is -0.0503. The molecule has 0 radical (unpaired) electrons. The van der Waals surface area contributed by atoms with Crippen molar-refractivity contribution >= 4 is 0 Å². The first-order valence-electron chi connectivity index (χ1n) is 6.23. The SMILES string of the molecule is CCC1(CC)C(O)CC1Oc1ccccc1F. The minimum absolute atomic E-state index is 0.0793. The largest absolute Gasteiger partial charge is 0.487 e. The summed E-state index contributed by atoms with van der Waals surface area (Å²) in [6, 6.07) is 6.43. The van der Waals surface area contributed by atoms with Crippen molar-refractivity contribution in [3.05, 3.63) is 30.1 Å². The van der Waals surface area contributed by atoms with Crippen LogP contribution >= 0.6 is 0 Å². The highest BCUT2D eigenvalue weighted by molar-refractivity contribution is 5.25. The molecule has 0 aliphatic heterocycles. The molecule has 3 heteroatoms. The molecule has 1 saturated carbocycles. The van der Waals surface area contributed by atoms with E-state index in [-0.39, 0.29) is 29.2 Å². The van der Waals surface area contributed by atoms with Gasteiger partial charge in [-0.2, -0.15) is 0 Å². The highest BCUT2D eigenvalue weighted by Gasteiger charge is 2.53. The van der Waals surface area contributed by atoms with Crippen LogP contribution in [0.15, 0.2) is 24.3 Å². The lowest BCUT2D eigenvalue weighted by atomic mass is 9.60. The monoisotopic (exact) mass is 238 g/mol. The van der Waals surface area contributed by atoms with Crippen LogP contribution in [0.25, 0.3) is 0 Å². The van der Waals surface area contributed by atoms with E-state index in [1.165, 1.54) is 6.07 Å². The van der Waals surface area contributed by atoms with Gasteiger partial charge in [-0.25, -0.2) is 4.39 Å². The van der Waals surface area contributed by atoms with Crippen LogP contribution < -0.4 is 4.74 Å². The summed E-state index contributed by atoms with van der Waals surface area (Å²) >= 11 is 0. The van der Waals surface area contributed by atoms with E-state index in [9.17, 15) is 9.50 Å². The Balaban J connectivity index is 2.13. The molecule has 0 heterocycles. The molecule has 0 amide bonds. The maximum Gasteiger partial charge on any atom is 0.165 e. The minimum Gasteiger partial charge on any atom is -0.487 e. The molecular weight excluding hydrogens is 219 g/mol. The van der Waals surface area contributed by atoms with Gasteiger partial charge in [-0.3, -0.25) is 0 Å². The first-order chi connectivity index (χ1) is 8.14. The average molecular weight is 238 g/mol. The Morgan fingerprint density at radius 3 is 2.53 bits per heavy atom. The third-order valence-electron chi connectivity index (χ3n) is 4.16. The smallest absolute Gasteiger partial charge is 0.165 e. The maximum absolute atomic E-state index is 13.5. The third kappa shape index (κ3) is 1.93. The van der Waals surface area contributed by atoms with Gasteiger partial charge < -0.3 is 9.84 Å². The summed E-state index contributed by atoms with van der Waals surface area (Å²) in [5.41, 5.74) is -0.206. The maximum atomic E-state index is 13.5. The first kappa shape index (κ1) is 12.4. The molecule has 2 unspecified atom stereocenters. The van der Waals surface area contributed by atoms with Crippen LogP contribution in [-0.2, 0) is 0 Å². The van der Waals surface area contributed by atoms with Crippen LogP contribution in [0.3, 0.4) is 0 Å². The van der Waals surface area contributed by atoms with Gasteiger partial charge in [0.25, 0.3) is 0 Å². The number of aliphatic hydroxyl groups is 1. The predicted molar refractivity (Wildman–Crippen MR) is 64.5 cm³/mol. The molecule has 1 fully saturated rings. The predicted octanol–water partition coefficient (Wildman–Crippen LogP) is 3.14. The van der Waals surface area contributed by atoms with Crippen molar-refractivity contribution in [2.75, 3.05) is 0 Å². The summed E-state index contributed by atoms with van der Waals surface area (Å²) in [6.07, 6.45) is 1.89. The van der Waals surface area contributed by atoms with E-state index in [0.29, 0.717) is 6.42 Å². The molecular formula is C14H19FO2. The van der Waals surface area contributed by atoms with Crippen molar-refractivity contribution in [2.24, 2.45) is 5.41 Å². The second kappa shape index (κ2) is 4.65. The molecule has 1 N–H and O–H groups in total. The van der Waals surface area contributed by atoms with Crippen LogP contribution in [0.4, 0.5) is 4.39 Å². The Morgan fingerprint density at radius 2 is 2.00 bits per heavy atom. The molecule has 2 nitrogen and oxygen atoms in total. The molecule has 0 saturated heterocycles. The number of para-hydroxylation sites is 1. The third-order valence-corrected chi connectivity index (χ3v) is 4.16. The molecule has 0 spiro atoms. The van der Waals surface area contributed by atoms with Crippen molar-refractivity contribution in [1.29, 1.82) is 0 Å². The Morgan fingerprint density at radius 1 is 1.35 bits per heavy atom. The van der Waals surface area contributed by atoms with Crippen molar-refractivity contribution < 1.29 is 14.2 Å². The number of aliphatic hydroxyl groups excluding tert-OH is 1. The number of ether oxygens (including phenoxy) is 1. The number of benzene rings is 1. The fourth-order valence-corrected chi connectivity index (χ4v) is 2.76. The van der Waals surface area contributed by atoms with Gasteiger partial charge in [0.05, 0.1) is 6.10 Å². The van der Waals surface area contributed by atoms with Gasteiger partial charge in [0, 0.05) is 11.8 Å². The summed E-state index contributed by atoms with van der Waals surface area (Å²) in [6.45, 7) is 4.09. The van der Waals surface area contributed by atoms with E-state index < -0.39 is 0 Å². The van der Waals surface area contributed by atoms with Gasteiger partial charge in [0.2, 0.25) is 0 Å². The highest BCUT2D eigenvalue weighted by atomic mass is 19.1. The van der Waals surface area contributed by atoms with Crippen molar-refractivity contribution in [1.82, 2.24) is 0 Å². The summed E-state index contributed by atoms with van der Waals surface area (Å²) in [5, 5.41) is 9.90. The van der Waals surface area contributed by atoms with Gasteiger partial charge >= 0.3 is 0 Å². The molecule has 1 aliphatic rings. The van der Waals surface area contributed by atoms with Crippen LogP contribution in [0.2, 0.25) is 0 Å². The van der Waals surface area contributed by atoms with E-state index in [2.05, 4.69) is 0 Å². The van der Waals surface area contributed by atoms with E-state index in [1.54, 1.807) is 18.2 Å². The number of rotatable bonds is 4. The zero-order valence-electron chi connectivity index (χ0n) is 10.3. The minimum atomic E-state index is -0.338. The number of hydrogen-bond donors (Lipinski definition) is 1. The molecule has 0 bridgehead atoms. The van der Waals surface area contributed by atoms with Crippen molar-refractivity contribution in [3.8, 4) is 5.75 Å². The van der Waals surface area contributed by atoms with E-state index in [0.717, 1.165) is 12.8 Å². The molecule has 1 aliphatic carbocycles. The second-order valence-electron chi connectivity index (χ2n) is 4.73. The van der Waals surface area contributed by atoms with Crippen LogP contribution in [-0.4, -0.2) is 17.3 Å². The van der Waals surface area contributed by atoms with E-state index >= 15 is 0 Å². The van der Waals surface area contributed by atoms with Crippen LogP contribution in [0.1, 0.15) is 33.1 Å². The lowest BCUT2D eigenvalue weighted by Crippen LogP contribution is -2.59. The summed E-state index contributed by atoms with van der Waals surface area (Å²) in [7, 11) is 0. The molecule has 2 atom stereocenters. The Labute approximate surface area is 101 Å². The lowest BCUT2D eigenvalue weighted by Gasteiger charge is -2.52. The van der Waals surface area contributed by atoms with E-state index in [4.69, 9.17) is 4.74 Å². The van der Waals surface area contributed by atoms with Gasteiger partial charge in [0.1, 0.15) is 6.10 Å². The van der Waals surface area contributed by atoms with Crippen LogP contribution in [0.5, 0.6) is 5.75 Å². The Kier molecular flexibility index (Phi) is 3.38. The Hall–Kier alpha value is -1.09. The average Bonchev–Trinajstić information content (AvgIpc) is 2.33. The van der Waals surface area contributed by atoms with Crippen LogP contribution in [0, 0.1) is 11.2 Å². The molecule has 17 heavy (non-hydrogen) atoms. The fourth-order valence-electron chi connectivity index (χ4n) is 2.76. The Bertz CT molecular complexity index is 388. The van der Waals surface area contributed by atoms with Gasteiger partial charge in [0.15, 0.2) is 11.6 Å². The number of halogens is 1. The van der Waals surface area contributed by atoms with Gasteiger partial charge in [-0.15, -0.1) is 0 Å².